The van der Waals surface area contributed by atoms with Crippen LogP contribution < -0.4 is 16.0 Å². The third-order valence-corrected chi connectivity index (χ3v) is 6.07. The van der Waals surface area contributed by atoms with Gasteiger partial charge in [0, 0.05) is 17.4 Å². The van der Waals surface area contributed by atoms with Crippen LogP contribution in [0.3, 0.4) is 0 Å². The molecule has 4 atom stereocenters. The van der Waals surface area contributed by atoms with Crippen LogP contribution in [0, 0.1) is 0 Å². The van der Waals surface area contributed by atoms with E-state index in [1.165, 1.54) is 0 Å². The summed E-state index contributed by atoms with van der Waals surface area (Å²) in [6.07, 6.45) is 7.22. The quantitative estimate of drug-likeness (QED) is 0.307. The zero-order valence-corrected chi connectivity index (χ0v) is 14.6. The molecule has 7 nitrogen and oxygen atoms in total. The van der Waals surface area contributed by atoms with Gasteiger partial charge in [-0.1, -0.05) is 12.8 Å². The molecule has 24 heavy (non-hydrogen) atoms. The number of carbonyl (C=O) groups excluding carboxylic acids is 2. The lowest BCUT2D eigenvalue weighted by atomic mass is 10.0. The van der Waals surface area contributed by atoms with E-state index in [1.54, 1.807) is 0 Å². The number of thioether (sulfide) groups is 1. The van der Waals surface area contributed by atoms with E-state index >= 15 is 0 Å². The normalized spacial score (nSPS) is 26.5. The number of unbranched alkanes of at least 4 members (excludes halogenated alkanes) is 3. The SMILES string of the molecule is O=[C]CCCCCNC(CCC[C@@H]1SC[C@@H]2NC(=O)N[C@@H]21)C(=O)O. The van der Waals surface area contributed by atoms with Gasteiger partial charge in [0.2, 0.25) is 0 Å². The van der Waals surface area contributed by atoms with Crippen LogP contribution >= 0.6 is 11.8 Å². The van der Waals surface area contributed by atoms with Gasteiger partial charge < -0.3 is 21.1 Å². The monoisotopic (exact) mass is 356 g/mol. The minimum atomic E-state index is -0.816. The predicted octanol–water partition coefficient (Wildman–Crippen LogP) is 1.04. The summed E-state index contributed by atoms with van der Waals surface area (Å²) in [5, 5.41) is 18.6. The first-order valence-corrected chi connectivity index (χ1v) is 9.66. The van der Waals surface area contributed by atoms with Crippen molar-refractivity contribution in [1.29, 1.82) is 0 Å². The van der Waals surface area contributed by atoms with Crippen LogP contribution in [0.5, 0.6) is 0 Å². The molecule has 0 spiro atoms. The van der Waals surface area contributed by atoms with Crippen LogP contribution in [0.25, 0.3) is 0 Å². The lowest BCUT2D eigenvalue weighted by Crippen LogP contribution is -2.38. The number of amides is 2. The molecule has 1 unspecified atom stereocenters. The number of hydrogen-bond acceptors (Lipinski definition) is 5. The molecule has 8 heteroatoms. The molecular weight excluding hydrogens is 330 g/mol. The molecular formula is C16H26N3O4S. The Kier molecular flexibility index (Phi) is 7.84. The summed E-state index contributed by atoms with van der Waals surface area (Å²) in [4.78, 5) is 32.8. The second-order valence-electron chi connectivity index (χ2n) is 6.35. The van der Waals surface area contributed by atoms with Crippen molar-refractivity contribution in [3.8, 4) is 0 Å². The van der Waals surface area contributed by atoms with Gasteiger partial charge in [0.15, 0.2) is 6.29 Å². The van der Waals surface area contributed by atoms with Crippen molar-refractivity contribution in [2.24, 2.45) is 0 Å². The summed E-state index contributed by atoms with van der Waals surface area (Å²) in [7, 11) is 0. The van der Waals surface area contributed by atoms with E-state index in [-0.39, 0.29) is 18.1 Å². The molecule has 0 aliphatic carbocycles. The fraction of sp³-hybridized carbons (Fsp3) is 0.812. The Morgan fingerprint density at radius 2 is 2.17 bits per heavy atom. The Bertz CT molecular complexity index is 449. The molecule has 0 aromatic rings. The van der Waals surface area contributed by atoms with E-state index in [2.05, 4.69) is 16.0 Å². The number of carbonyl (C=O) groups is 2. The van der Waals surface area contributed by atoms with Gasteiger partial charge in [0.25, 0.3) is 0 Å². The van der Waals surface area contributed by atoms with Crippen molar-refractivity contribution < 1.29 is 19.5 Å². The van der Waals surface area contributed by atoms with Gasteiger partial charge in [-0.3, -0.25) is 9.59 Å². The minimum Gasteiger partial charge on any atom is -0.480 e. The van der Waals surface area contributed by atoms with Crippen LogP contribution in [-0.2, 0) is 9.59 Å². The molecule has 2 amide bonds. The van der Waals surface area contributed by atoms with Crippen molar-refractivity contribution >= 4 is 30.0 Å². The number of nitrogens with one attached hydrogen (secondary N) is 3. The Balaban J connectivity index is 1.62. The Hall–Kier alpha value is -1.28. The van der Waals surface area contributed by atoms with Gasteiger partial charge in [-0.15, -0.1) is 0 Å². The molecule has 0 aromatic heterocycles. The maximum atomic E-state index is 11.3. The predicted molar refractivity (Wildman–Crippen MR) is 92.9 cm³/mol. The number of rotatable bonds is 12. The van der Waals surface area contributed by atoms with Gasteiger partial charge in [-0.2, -0.15) is 11.8 Å². The van der Waals surface area contributed by atoms with Gasteiger partial charge >= 0.3 is 12.0 Å². The third kappa shape index (κ3) is 5.66. The zero-order chi connectivity index (χ0) is 17.4. The van der Waals surface area contributed by atoms with Gasteiger partial charge in [0.05, 0.1) is 12.1 Å². The van der Waals surface area contributed by atoms with Crippen molar-refractivity contribution in [2.75, 3.05) is 12.3 Å². The second-order valence-corrected chi connectivity index (χ2v) is 7.62. The number of aliphatic carboxylic acids is 1. The maximum absolute atomic E-state index is 11.3. The Labute approximate surface area is 146 Å². The van der Waals surface area contributed by atoms with Crippen molar-refractivity contribution in [2.45, 2.75) is 68.3 Å². The smallest absolute Gasteiger partial charge is 0.320 e. The summed E-state index contributed by atoms with van der Waals surface area (Å²) in [5.74, 6) is 0.108. The summed E-state index contributed by atoms with van der Waals surface area (Å²) in [6.45, 7) is 0.651. The molecule has 4 N–H and O–H groups in total. The fourth-order valence-electron chi connectivity index (χ4n) is 3.25. The van der Waals surface area contributed by atoms with E-state index in [0.29, 0.717) is 24.6 Å². The van der Waals surface area contributed by atoms with E-state index in [0.717, 1.165) is 37.9 Å². The largest absolute Gasteiger partial charge is 0.480 e. The molecule has 0 bridgehead atoms. The van der Waals surface area contributed by atoms with Crippen molar-refractivity contribution in [3.63, 3.8) is 0 Å². The fourth-order valence-corrected chi connectivity index (χ4v) is 4.80. The molecule has 1 radical (unpaired) electrons. The molecule has 2 aliphatic rings. The second kappa shape index (κ2) is 9.88. The number of hydrogen-bond donors (Lipinski definition) is 4. The molecule has 0 aromatic carbocycles. The van der Waals surface area contributed by atoms with Gasteiger partial charge in [0.1, 0.15) is 6.04 Å². The topological polar surface area (TPSA) is 108 Å². The Morgan fingerprint density at radius 3 is 2.92 bits per heavy atom. The molecule has 2 fully saturated rings. The minimum absolute atomic E-state index is 0.0902. The number of fused-ring (bicyclic) bond motifs is 1. The number of carboxylic acids is 1. The first-order chi connectivity index (χ1) is 11.6. The average Bonchev–Trinajstić information content (AvgIpc) is 3.08. The molecule has 2 aliphatic heterocycles. The summed E-state index contributed by atoms with van der Waals surface area (Å²) < 4.78 is 0. The number of carboxylic acid groups (broad SMARTS) is 1. The standard InChI is InChI=1S/C16H26N3O4S/c20-9-4-2-1-3-8-17-11(15(21)22)6-5-7-13-14-12(10-24-13)18-16(23)19-14/h11-14,17H,1-8,10H2,(H,21,22)(H2,18,19,23)/t11?,12-,13-,14-/m0/s1. The van der Waals surface area contributed by atoms with Crippen LogP contribution in [0.4, 0.5) is 4.79 Å². The lowest BCUT2D eigenvalue weighted by molar-refractivity contribution is -0.139. The van der Waals surface area contributed by atoms with Crippen molar-refractivity contribution in [3.05, 3.63) is 0 Å². The van der Waals surface area contributed by atoms with Crippen molar-refractivity contribution in [1.82, 2.24) is 16.0 Å². The van der Waals surface area contributed by atoms with Crippen LogP contribution in [0.1, 0.15) is 44.9 Å². The van der Waals surface area contributed by atoms with E-state index in [1.807, 2.05) is 18.0 Å². The van der Waals surface area contributed by atoms with Crippen LogP contribution in [-0.4, -0.2) is 59.1 Å². The highest BCUT2D eigenvalue weighted by atomic mass is 32.2. The molecule has 2 heterocycles. The van der Waals surface area contributed by atoms with E-state index < -0.39 is 12.0 Å². The molecule has 2 rings (SSSR count). The molecule has 2 saturated heterocycles. The summed E-state index contributed by atoms with van der Waals surface area (Å²) in [5.41, 5.74) is 0. The molecule has 0 saturated carbocycles. The lowest BCUT2D eigenvalue weighted by Gasteiger charge is -2.18. The highest BCUT2D eigenvalue weighted by Gasteiger charge is 2.42. The number of urea groups is 1. The average molecular weight is 356 g/mol. The zero-order valence-electron chi connectivity index (χ0n) is 13.8. The van der Waals surface area contributed by atoms with E-state index in [9.17, 15) is 19.5 Å². The summed E-state index contributed by atoms with van der Waals surface area (Å²) in [6, 6.07) is -0.230. The maximum Gasteiger partial charge on any atom is 0.320 e. The van der Waals surface area contributed by atoms with E-state index in [4.69, 9.17) is 0 Å². The van der Waals surface area contributed by atoms with Gasteiger partial charge in [-0.25, -0.2) is 4.79 Å². The highest BCUT2D eigenvalue weighted by Crippen LogP contribution is 2.33. The highest BCUT2D eigenvalue weighted by molar-refractivity contribution is 8.00. The summed E-state index contributed by atoms with van der Waals surface area (Å²) >= 11 is 1.85. The van der Waals surface area contributed by atoms with Crippen LogP contribution in [0.2, 0.25) is 0 Å². The third-order valence-electron chi connectivity index (χ3n) is 4.56. The first kappa shape index (κ1) is 19.1. The Morgan fingerprint density at radius 1 is 1.33 bits per heavy atom. The van der Waals surface area contributed by atoms with Gasteiger partial charge in [-0.05, 0) is 32.2 Å². The molecule has 135 valence electrons. The first-order valence-electron chi connectivity index (χ1n) is 8.61. The van der Waals surface area contributed by atoms with Crippen LogP contribution in [0.15, 0.2) is 0 Å².